The first kappa shape index (κ1) is 19.4. The molecule has 0 aromatic heterocycles. The van der Waals surface area contributed by atoms with E-state index in [1.807, 2.05) is 0 Å². The van der Waals surface area contributed by atoms with E-state index in [-0.39, 0.29) is 11.1 Å². The van der Waals surface area contributed by atoms with Gasteiger partial charge < -0.3 is 31.0 Å². The predicted molar refractivity (Wildman–Crippen MR) is 67.6 cm³/mol. The van der Waals surface area contributed by atoms with Gasteiger partial charge in [-0.25, -0.2) is 9.59 Å². The molecular formula is C10H16BNO7. The van der Waals surface area contributed by atoms with Gasteiger partial charge in [0, 0.05) is 0 Å². The Morgan fingerprint density at radius 3 is 1.68 bits per heavy atom. The molecule has 0 saturated heterocycles. The van der Waals surface area contributed by atoms with Gasteiger partial charge >= 0.3 is 19.3 Å². The third-order valence-electron chi connectivity index (χ3n) is 1.64. The highest BCUT2D eigenvalue weighted by Crippen LogP contribution is 2.11. The van der Waals surface area contributed by atoms with Crippen LogP contribution >= 0.6 is 0 Å². The van der Waals surface area contributed by atoms with Gasteiger partial charge in [0.25, 0.3) is 0 Å². The molecule has 8 nitrogen and oxygen atoms in total. The lowest BCUT2D eigenvalue weighted by Gasteiger charge is -2.01. The van der Waals surface area contributed by atoms with Gasteiger partial charge in [0.2, 0.25) is 0 Å². The number of aryl methyl sites for hydroxylation is 1. The fraction of sp³-hybridized carbons (Fsp3) is 0.200. The molecule has 0 heterocycles. The van der Waals surface area contributed by atoms with Gasteiger partial charge in [-0.2, -0.15) is 0 Å². The molecule has 0 fully saturated rings. The summed E-state index contributed by atoms with van der Waals surface area (Å²) in [5.74, 6) is -2.45. The second-order valence-electron chi connectivity index (χ2n) is 3.01. The van der Waals surface area contributed by atoms with Crippen molar-refractivity contribution < 1.29 is 34.9 Å². The monoisotopic (exact) mass is 273 g/mol. The lowest BCUT2D eigenvalue weighted by Crippen LogP contribution is -2.07. The molecule has 0 amide bonds. The summed E-state index contributed by atoms with van der Waals surface area (Å²) < 4.78 is 0. The number of carbonyl (C=O) groups is 2. The Morgan fingerprint density at radius 2 is 1.37 bits per heavy atom. The summed E-state index contributed by atoms with van der Waals surface area (Å²) in [6, 6.07) is 4.20. The quantitative estimate of drug-likeness (QED) is 0.370. The lowest BCUT2D eigenvalue weighted by atomic mass is 10.0. The minimum atomic E-state index is -2.17. The molecule has 0 atom stereocenters. The van der Waals surface area contributed by atoms with Crippen molar-refractivity contribution in [2.75, 3.05) is 7.05 Å². The van der Waals surface area contributed by atoms with E-state index in [0.29, 0.717) is 0 Å². The van der Waals surface area contributed by atoms with Crippen LogP contribution < -0.4 is 5.73 Å². The van der Waals surface area contributed by atoms with Gasteiger partial charge in [-0.3, -0.25) is 0 Å². The molecule has 0 radical (unpaired) electrons. The van der Waals surface area contributed by atoms with Crippen molar-refractivity contribution in [1.29, 1.82) is 0 Å². The number of carboxylic acid groups (broad SMARTS) is 2. The van der Waals surface area contributed by atoms with Crippen molar-refractivity contribution in [3.63, 3.8) is 0 Å². The second-order valence-corrected chi connectivity index (χ2v) is 3.01. The van der Waals surface area contributed by atoms with Crippen molar-refractivity contribution >= 4 is 19.3 Å². The third-order valence-corrected chi connectivity index (χ3v) is 1.64. The van der Waals surface area contributed by atoms with Crippen molar-refractivity contribution in [2.45, 2.75) is 6.92 Å². The van der Waals surface area contributed by atoms with Crippen LogP contribution in [0, 0.1) is 6.92 Å². The van der Waals surface area contributed by atoms with Gasteiger partial charge in [-0.1, -0.05) is 11.6 Å². The average molecular weight is 273 g/mol. The summed E-state index contributed by atoms with van der Waals surface area (Å²) in [6.07, 6.45) is 0. The highest BCUT2D eigenvalue weighted by atomic mass is 16.5. The van der Waals surface area contributed by atoms with E-state index in [1.54, 1.807) is 13.0 Å². The van der Waals surface area contributed by atoms with E-state index >= 15 is 0 Å². The average Bonchev–Trinajstić information content (AvgIpc) is 2.30. The highest BCUT2D eigenvalue weighted by Gasteiger charge is 2.14. The first-order valence-corrected chi connectivity index (χ1v) is 4.95. The number of aromatic carboxylic acids is 2. The molecule has 1 aromatic rings. The largest absolute Gasteiger partial charge is 0.631 e. The van der Waals surface area contributed by atoms with Gasteiger partial charge in [0.05, 0.1) is 11.1 Å². The van der Waals surface area contributed by atoms with Crippen molar-refractivity contribution in [3.8, 4) is 0 Å². The number of carboxylic acids is 2. The molecular weight excluding hydrogens is 257 g/mol. The summed E-state index contributed by atoms with van der Waals surface area (Å²) in [5, 5.41) is 38.8. The Balaban J connectivity index is 0. The van der Waals surface area contributed by atoms with Crippen LogP contribution in [-0.4, -0.2) is 51.6 Å². The van der Waals surface area contributed by atoms with Gasteiger partial charge in [0.1, 0.15) is 0 Å². The summed E-state index contributed by atoms with van der Waals surface area (Å²) in [5.41, 5.74) is 4.87. The minimum absolute atomic E-state index is 0.174. The summed E-state index contributed by atoms with van der Waals surface area (Å²) in [6.45, 7) is 1.71. The molecule has 1 aromatic carbocycles. The van der Waals surface area contributed by atoms with Crippen LogP contribution in [0.2, 0.25) is 0 Å². The maximum absolute atomic E-state index is 10.6. The van der Waals surface area contributed by atoms with Crippen LogP contribution in [0.15, 0.2) is 18.2 Å². The molecule has 19 heavy (non-hydrogen) atoms. The molecule has 0 aliphatic heterocycles. The number of nitrogens with two attached hydrogens (primary N) is 1. The Labute approximate surface area is 109 Å². The van der Waals surface area contributed by atoms with Crippen molar-refractivity contribution in [1.82, 2.24) is 0 Å². The van der Waals surface area contributed by atoms with E-state index in [4.69, 9.17) is 25.3 Å². The van der Waals surface area contributed by atoms with Crippen molar-refractivity contribution in [2.24, 2.45) is 5.73 Å². The summed E-state index contributed by atoms with van der Waals surface area (Å²) in [4.78, 5) is 21.2. The van der Waals surface area contributed by atoms with E-state index < -0.39 is 19.3 Å². The fourth-order valence-corrected chi connectivity index (χ4v) is 1.02. The van der Waals surface area contributed by atoms with Crippen LogP contribution in [0.5, 0.6) is 0 Å². The minimum Gasteiger partial charge on any atom is -0.478 e. The highest BCUT2D eigenvalue weighted by molar-refractivity contribution is 6.30. The van der Waals surface area contributed by atoms with Gasteiger partial charge in [-0.05, 0) is 26.1 Å². The van der Waals surface area contributed by atoms with Crippen LogP contribution in [0.1, 0.15) is 26.3 Å². The number of rotatable bonds is 2. The first-order valence-electron chi connectivity index (χ1n) is 4.95. The smallest absolute Gasteiger partial charge is 0.478 e. The second kappa shape index (κ2) is 10.0. The van der Waals surface area contributed by atoms with Crippen LogP contribution in [0.4, 0.5) is 0 Å². The maximum Gasteiger partial charge on any atom is 0.631 e. The van der Waals surface area contributed by atoms with Gasteiger partial charge in [0.15, 0.2) is 0 Å². The molecule has 0 saturated carbocycles. The Morgan fingerprint density at radius 1 is 1.00 bits per heavy atom. The molecule has 0 aliphatic rings. The predicted octanol–water partition coefficient (Wildman–Crippen LogP) is -1.09. The summed E-state index contributed by atoms with van der Waals surface area (Å²) >= 11 is 0. The zero-order valence-electron chi connectivity index (χ0n) is 10.4. The van der Waals surface area contributed by atoms with E-state index in [1.165, 1.54) is 19.2 Å². The topological polar surface area (TPSA) is 161 Å². The summed E-state index contributed by atoms with van der Waals surface area (Å²) in [7, 11) is -0.667. The zero-order chi connectivity index (χ0) is 15.6. The molecule has 7 N–H and O–H groups in total. The Kier molecular flexibility index (Phi) is 10.2. The van der Waals surface area contributed by atoms with Crippen LogP contribution in [-0.2, 0) is 0 Å². The van der Waals surface area contributed by atoms with Crippen molar-refractivity contribution in [3.05, 3.63) is 34.9 Å². The molecule has 0 unspecified atom stereocenters. The Hall–Kier alpha value is -1.94. The van der Waals surface area contributed by atoms with E-state index in [0.717, 1.165) is 5.56 Å². The first-order chi connectivity index (χ1) is 8.75. The molecule has 0 aliphatic carbocycles. The molecule has 106 valence electrons. The standard InChI is InChI=1S/C9H8O4.CH5N.BH3O3/c1-5-2-3-6(8(10)11)7(4-5)9(12)13;1-2;2-1(3)4/h2-4H,1H3,(H,10,11)(H,12,13);2H2,1H3;2-4H. The van der Waals surface area contributed by atoms with Gasteiger partial charge in [-0.15, -0.1) is 0 Å². The lowest BCUT2D eigenvalue weighted by molar-refractivity contribution is 0.0651. The number of benzene rings is 1. The van der Waals surface area contributed by atoms with Crippen LogP contribution in [0.25, 0.3) is 0 Å². The normalized spacial score (nSPS) is 8.32. The van der Waals surface area contributed by atoms with E-state index in [9.17, 15) is 9.59 Å². The number of hydrogen-bond acceptors (Lipinski definition) is 6. The molecule has 1 rings (SSSR count). The maximum atomic E-state index is 10.6. The molecule has 0 spiro atoms. The fourth-order valence-electron chi connectivity index (χ4n) is 1.02. The number of hydrogen-bond donors (Lipinski definition) is 6. The van der Waals surface area contributed by atoms with Crippen LogP contribution in [0.3, 0.4) is 0 Å². The SMILES string of the molecule is CN.Cc1ccc(C(=O)O)c(C(=O)O)c1.OB(O)O. The molecule has 9 heteroatoms. The Bertz CT molecular complexity index is 420. The molecule has 0 bridgehead atoms. The van der Waals surface area contributed by atoms with E-state index in [2.05, 4.69) is 5.73 Å². The zero-order valence-corrected chi connectivity index (χ0v) is 10.4. The third kappa shape index (κ3) is 8.74.